The van der Waals surface area contributed by atoms with E-state index in [1.54, 1.807) is 11.6 Å². The van der Waals surface area contributed by atoms with Gasteiger partial charge in [-0.2, -0.15) is 0 Å². The van der Waals surface area contributed by atoms with Gasteiger partial charge in [-0.3, -0.25) is 9.59 Å². The van der Waals surface area contributed by atoms with Crippen LogP contribution in [0.3, 0.4) is 0 Å². The molecular formula is C9H7ClN2O2. The van der Waals surface area contributed by atoms with Crippen LogP contribution in [0.25, 0.3) is 0 Å². The average molecular weight is 211 g/mol. The second-order valence-corrected chi connectivity index (χ2v) is 3.25. The molecule has 0 saturated heterocycles. The first-order chi connectivity index (χ1) is 6.65. The number of hydrogen-bond donors (Lipinski definition) is 0. The van der Waals surface area contributed by atoms with Crippen LogP contribution in [0.1, 0.15) is 26.8 Å². The third-order valence-corrected chi connectivity index (χ3v) is 2.40. The summed E-state index contributed by atoms with van der Waals surface area (Å²) in [6.07, 6.45) is 2.49. The Bertz CT molecular complexity index is 460. The van der Waals surface area contributed by atoms with Gasteiger partial charge in [-0.1, -0.05) is 0 Å². The molecule has 0 saturated carbocycles. The predicted molar refractivity (Wildman–Crippen MR) is 50.6 cm³/mol. The molecule has 5 heteroatoms. The molecule has 1 aliphatic carbocycles. The molecule has 0 radical (unpaired) electrons. The van der Waals surface area contributed by atoms with Crippen molar-refractivity contribution in [3.63, 3.8) is 0 Å². The number of imidazole rings is 1. The zero-order valence-corrected chi connectivity index (χ0v) is 8.21. The van der Waals surface area contributed by atoms with Gasteiger partial charge >= 0.3 is 0 Å². The smallest absolute Gasteiger partial charge is 0.206 e. The SMILES string of the molecule is Cn1c(CCl)nc2c1C(=O)C=CC2=O. The predicted octanol–water partition coefficient (Wildman–Crippen LogP) is 1.09. The Morgan fingerprint density at radius 3 is 2.57 bits per heavy atom. The first kappa shape index (κ1) is 9.15. The normalized spacial score (nSPS) is 14.7. The van der Waals surface area contributed by atoms with E-state index >= 15 is 0 Å². The van der Waals surface area contributed by atoms with Crippen LogP contribution < -0.4 is 0 Å². The van der Waals surface area contributed by atoms with Gasteiger partial charge in [-0.25, -0.2) is 4.98 Å². The fourth-order valence-electron chi connectivity index (χ4n) is 1.43. The molecule has 4 nitrogen and oxygen atoms in total. The molecule has 14 heavy (non-hydrogen) atoms. The van der Waals surface area contributed by atoms with Gasteiger partial charge in [0.2, 0.25) is 11.6 Å². The van der Waals surface area contributed by atoms with Crippen LogP contribution in [0, 0.1) is 0 Å². The monoisotopic (exact) mass is 210 g/mol. The fraction of sp³-hybridized carbons (Fsp3) is 0.222. The average Bonchev–Trinajstić information content (AvgIpc) is 2.51. The summed E-state index contributed by atoms with van der Waals surface area (Å²) in [4.78, 5) is 26.8. The third-order valence-electron chi connectivity index (χ3n) is 2.16. The summed E-state index contributed by atoms with van der Waals surface area (Å²) in [6, 6.07) is 0. The van der Waals surface area contributed by atoms with Crippen LogP contribution in [0.15, 0.2) is 12.2 Å². The highest BCUT2D eigenvalue weighted by atomic mass is 35.5. The van der Waals surface area contributed by atoms with Gasteiger partial charge in [0.05, 0.1) is 5.88 Å². The van der Waals surface area contributed by atoms with Crippen LogP contribution in [0.2, 0.25) is 0 Å². The maximum absolute atomic E-state index is 11.4. The molecule has 0 aliphatic heterocycles. The molecule has 72 valence electrons. The van der Waals surface area contributed by atoms with Gasteiger partial charge < -0.3 is 4.57 Å². The Balaban J connectivity index is 2.69. The summed E-state index contributed by atoms with van der Waals surface area (Å²) in [5.74, 6) is 0.268. The molecule has 0 bridgehead atoms. The van der Waals surface area contributed by atoms with Crippen LogP contribution in [0.5, 0.6) is 0 Å². The molecule has 1 aromatic rings. The lowest BCUT2D eigenvalue weighted by Gasteiger charge is -2.04. The lowest BCUT2D eigenvalue weighted by molar-refractivity contribution is 0.0987. The topological polar surface area (TPSA) is 52.0 Å². The Labute approximate surface area is 85.2 Å². The number of aromatic nitrogens is 2. The van der Waals surface area contributed by atoms with Gasteiger partial charge in [0.15, 0.2) is 0 Å². The van der Waals surface area contributed by atoms with E-state index in [4.69, 9.17) is 11.6 Å². The lowest BCUT2D eigenvalue weighted by atomic mass is 10.1. The highest BCUT2D eigenvalue weighted by molar-refractivity contribution is 6.21. The number of carbonyl (C=O) groups is 2. The quantitative estimate of drug-likeness (QED) is 0.652. The van der Waals surface area contributed by atoms with Crippen LogP contribution in [0.4, 0.5) is 0 Å². The van der Waals surface area contributed by atoms with E-state index in [0.29, 0.717) is 11.5 Å². The van der Waals surface area contributed by atoms with Crippen molar-refractivity contribution in [1.29, 1.82) is 0 Å². The van der Waals surface area contributed by atoms with Crippen LogP contribution in [-0.4, -0.2) is 21.1 Å². The molecule has 2 rings (SSSR count). The van der Waals surface area contributed by atoms with E-state index in [9.17, 15) is 9.59 Å². The van der Waals surface area contributed by atoms with Crippen molar-refractivity contribution in [2.75, 3.05) is 0 Å². The summed E-state index contributed by atoms with van der Waals surface area (Å²) >= 11 is 5.62. The highest BCUT2D eigenvalue weighted by Crippen LogP contribution is 2.18. The van der Waals surface area contributed by atoms with E-state index in [0.717, 1.165) is 0 Å². The molecule has 0 amide bonds. The molecule has 1 aliphatic rings. The fourth-order valence-corrected chi connectivity index (χ4v) is 1.67. The van der Waals surface area contributed by atoms with Gasteiger partial charge in [0.25, 0.3) is 0 Å². The summed E-state index contributed by atoms with van der Waals surface area (Å²) < 4.78 is 1.56. The first-order valence-corrected chi connectivity index (χ1v) is 4.57. The molecule has 0 fully saturated rings. The maximum atomic E-state index is 11.4. The lowest BCUT2D eigenvalue weighted by Crippen LogP contribution is -2.14. The number of allylic oxidation sites excluding steroid dienone is 2. The third kappa shape index (κ3) is 1.11. The second kappa shape index (κ2) is 3.06. The van der Waals surface area contributed by atoms with Gasteiger partial charge in [0.1, 0.15) is 17.2 Å². The minimum atomic E-state index is -0.244. The van der Waals surface area contributed by atoms with Crippen molar-refractivity contribution < 1.29 is 9.59 Å². The summed E-state index contributed by atoms with van der Waals surface area (Å²) in [5.41, 5.74) is 0.531. The molecule has 0 spiro atoms. The van der Waals surface area contributed by atoms with Crippen molar-refractivity contribution in [2.24, 2.45) is 7.05 Å². The van der Waals surface area contributed by atoms with Crippen molar-refractivity contribution >= 4 is 23.2 Å². The number of rotatable bonds is 1. The largest absolute Gasteiger partial charge is 0.327 e. The Kier molecular flexibility index (Phi) is 2.00. The van der Waals surface area contributed by atoms with Crippen molar-refractivity contribution in [2.45, 2.75) is 5.88 Å². The number of halogens is 1. The van der Waals surface area contributed by atoms with Crippen molar-refractivity contribution in [3.05, 3.63) is 29.4 Å². The van der Waals surface area contributed by atoms with E-state index in [-0.39, 0.29) is 23.1 Å². The van der Waals surface area contributed by atoms with E-state index in [1.807, 2.05) is 0 Å². The van der Waals surface area contributed by atoms with E-state index in [1.165, 1.54) is 12.2 Å². The molecule has 0 aromatic carbocycles. The summed E-state index contributed by atoms with van der Waals surface area (Å²) in [6.45, 7) is 0. The van der Waals surface area contributed by atoms with Crippen LogP contribution >= 0.6 is 11.6 Å². The standard InChI is InChI=1S/C9H7ClN2O2/c1-12-7(4-10)11-8-5(13)2-3-6(14)9(8)12/h2-3H,4H2,1H3. The zero-order chi connectivity index (χ0) is 10.3. The summed E-state index contributed by atoms with van der Waals surface area (Å²) in [7, 11) is 1.67. The number of fused-ring (bicyclic) bond motifs is 1. The van der Waals surface area contributed by atoms with Gasteiger partial charge in [-0.15, -0.1) is 11.6 Å². The Hall–Kier alpha value is -1.42. The van der Waals surface area contributed by atoms with Gasteiger partial charge in [0, 0.05) is 7.05 Å². The minimum absolute atomic E-state index is 0.185. The Morgan fingerprint density at radius 2 is 2.00 bits per heavy atom. The second-order valence-electron chi connectivity index (χ2n) is 2.98. The molecule has 1 aromatic heterocycles. The number of alkyl halides is 1. The molecule has 0 unspecified atom stereocenters. The molecule has 1 heterocycles. The Morgan fingerprint density at radius 1 is 1.36 bits per heavy atom. The highest BCUT2D eigenvalue weighted by Gasteiger charge is 2.26. The van der Waals surface area contributed by atoms with Gasteiger partial charge in [-0.05, 0) is 12.2 Å². The van der Waals surface area contributed by atoms with E-state index < -0.39 is 0 Å². The molecular weight excluding hydrogens is 204 g/mol. The van der Waals surface area contributed by atoms with Crippen molar-refractivity contribution in [3.8, 4) is 0 Å². The summed E-state index contributed by atoms with van der Waals surface area (Å²) in [5, 5.41) is 0. The number of hydrogen-bond acceptors (Lipinski definition) is 3. The number of carbonyl (C=O) groups excluding carboxylic acids is 2. The molecule has 0 atom stereocenters. The molecule has 0 N–H and O–H groups in total. The minimum Gasteiger partial charge on any atom is -0.327 e. The van der Waals surface area contributed by atoms with Crippen molar-refractivity contribution in [1.82, 2.24) is 9.55 Å². The zero-order valence-electron chi connectivity index (χ0n) is 7.45. The van der Waals surface area contributed by atoms with E-state index in [2.05, 4.69) is 4.98 Å². The first-order valence-electron chi connectivity index (χ1n) is 4.03. The van der Waals surface area contributed by atoms with Crippen LogP contribution in [-0.2, 0) is 12.9 Å². The number of ketones is 2. The number of nitrogens with zero attached hydrogens (tertiary/aromatic N) is 2. The maximum Gasteiger partial charge on any atom is 0.206 e.